The zero-order valence-corrected chi connectivity index (χ0v) is 20.5. The molecule has 0 radical (unpaired) electrons. The highest BCUT2D eigenvalue weighted by Crippen LogP contribution is 2.36. The average Bonchev–Trinajstić information content (AvgIpc) is 2.70. The maximum Gasteiger partial charge on any atom is 0.344 e. The fourth-order valence-corrected chi connectivity index (χ4v) is 3.27. The minimum absolute atomic E-state index is 0.239. The molecule has 8 nitrogen and oxygen atoms in total. The highest BCUT2D eigenvalue weighted by molar-refractivity contribution is 9.10. The lowest BCUT2D eigenvalue weighted by molar-refractivity contribution is -0.145. The third-order valence-electron chi connectivity index (χ3n) is 3.77. The van der Waals surface area contributed by atoms with Gasteiger partial charge in [-0.25, -0.2) is 15.0 Å². The monoisotopic (exact) mass is 555 g/mol. The van der Waals surface area contributed by atoms with Gasteiger partial charge < -0.3 is 19.5 Å². The molecule has 0 fully saturated rings. The number of hydrogen-bond acceptors (Lipinski definition) is 6. The van der Waals surface area contributed by atoms with Crippen LogP contribution in [0.5, 0.6) is 11.5 Å². The number of carbonyl (C=O) groups is 2. The molecule has 0 heterocycles. The molecule has 0 aliphatic rings. The van der Waals surface area contributed by atoms with E-state index in [1.54, 1.807) is 25.1 Å². The van der Waals surface area contributed by atoms with Crippen LogP contribution in [0.15, 0.2) is 44.4 Å². The summed E-state index contributed by atoms with van der Waals surface area (Å²) in [6.07, 6.45) is 1.47. The minimum atomic E-state index is -0.476. The van der Waals surface area contributed by atoms with Crippen molar-refractivity contribution in [2.45, 2.75) is 20.8 Å². The van der Waals surface area contributed by atoms with Crippen LogP contribution in [0.2, 0.25) is 0 Å². The van der Waals surface area contributed by atoms with Crippen molar-refractivity contribution in [2.24, 2.45) is 5.10 Å². The van der Waals surface area contributed by atoms with Gasteiger partial charge in [0.1, 0.15) is 0 Å². The summed E-state index contributed by atoms with van der Waals surface area (Å²) in [5.41, 5.74) is 4.71. The minimum Gasteiger partial charge on any atom is -0.490 e. The number of nitrogens with zero attached hydrogens (tertiary/aromatic N) is 1. The number of amides is 2. The number of urea groups is 1. The molecule has 0 saturated carbocycles. The smallest absolute Gasteiger partial charge is 0.344 e. The molecule has 0 atom stereocenters. The van der Waals surface area contributed by atoms with Crippen molar-refractivity contribution in [1.82, 2.24) is 5.43 Å². The Morgan fingerprint density at radius 1 is 1.06 bits per heavy atom. The van der Waals surface area contributed by atoms with Crippen LogP contribution in [0.25, 0.3) is 0 Å². The molecule has 0 aromatic heterocycles. The summed E-state index contributed by atoms with van der Waals surface area (Å²) < 4.78 is 17.5. The Labute approximate surface area is 197 Å². The summed E-state index contributed by atoms with van der Waals surface area (Å²) in [5.74, 6) is 0.333. The van der Waals surface area contributed by atoms with Crippen molar-refractivity contribution >= 4 is 55.8 Å². The first-order valence-electron chi connectivity index (χ1n) is 9.45. The molecule has 166 valence electrons. The van der Waals surface area contributed by atoms with E-state index in [2.05, 4.69) is 47.7 Å². The normalized spacial score (nSPS) is 10.6. The van der Waals surface area contributed by atoms with Crippen LogP contribution >= 0.6 is 31.9 Å². The predicted octanol–water partition coefficient (Wildman–Crippen LogP) is 5.02. The number of hydrazone groups is 1. The standard InChI is InChI=1S/C21H23Br2N3O5/c1-4-29-18-10-14(9-17(23)20(18)31-12-19(27)30-5-2)11-24-26-21(28)25-15-6-7-16(22)13(3)8-15/h6-11H,4-5,12H2,1-3H3,(H2,25,26,28)/b24-11+. The second-order valence-corrected chi connectivity index (χ2v) is 7.85. The molecule has 0 bridgehead atoms. The number of aryl methyl sites for hydroxylation is 1. The topological polar surface area (TPSA) is 98.3 Å². The number of halogens is 2. The van der Waals surface area contributed by atoms with E-state index < -0.39 is 12.0 Å². The molecule has 0 aliphatic carbocycles. The van der Waals surface area contributed by atoms with Gasteiger partial charge >= 0.3 is 12.0 Å². The van der Waals surface area contributed by atoms with Crippen molar-refractivity contribution in [2.75, 3.05) is 25.1 Å². The number of carbonyl (C=O) groups excluding carboxylic acids is 2. The number of ether oxygens (including phenoxy) is 3. The number of esters is 1. The lowest BCUT2D eigenvalue weighted by atomic mass is 10.2. The van der Waals surface area contributed by atoms with Crippen LogP contribution < -0.4 is 20.2 Å². The van der Waals surface area contributed by atoms with Crippen LogP contribution in [0.4, 0.5) is 10.5 Å². The fourth-order valence-electron chi connectivity index (χ4n) is 2.45. The van der Waals surface area contributed by atoms with E-state index in [4.69, 9.17) is 14.2 Å². The first-order chi connectivity index (χ1) is 14.8. The molecule has 2 aromatic rings. The van der Waals surface area contributed by atoms with Gasteiger partial charge in [0.05, 0.1) is 23.9 Å². The SMILES string of the molecule is CCOC(=O)COc1c(Br)cc(/C=N/NC(=O)Nc2ccc(Br)c(C)c2)cc1OCC. The van der Waals surface area contributed by atoms with E-state index in [1.807, 2.05) is 26.0 Å². The first kappa shape index (κ1) is 24.7. The Morgan fingerprint density at radius 3 is 2.52 bits per heavy atom. The van der Waals surface area contributed by atoms with Gasteiger partial charge in [0.25, 0.3) is 0 Å². The van der Waals surface area contributed by atoms with Gasteiger partial charge in [0.2, 0.25) is 0 Å². The predicted molar refractivity (Wildman–Crippen MR) is 126 cm³/mol. The summed E-state index contributed by atoms with van der Waals surface area (Å²) in [4.78, 5) is 23.6. The molecule has 10 heteroatoms. The number of benzene rings is 2. The third-order valence-corrected chi connectivity index (χ3v) is 5.25. The van der Waals surface area contributed by atoms with E-state index in [0.29, 0.717) is 33.8 Å². The molecule has 0 aliphatic heterocycles. The lowest BCUT2D eigenvalue weighted by Gasteiger charge is -2.14. The zero-order chi connectivity index (χ0) is 22.8. The van der Waals surface area contributed by atoms with Gasteiger partial charge in [-0.15, -0.1) is 0 Å². The van der Waals surface area contributed by atoms with Crippen molar-refractivity contribution in [3.63, 3.8) is 0 Å². The van der Waals surface area contributed by atoms with E-state index in [0.717, 1.165) is 10.0 Å². The van der Waals surface area contributed by atoms with Gasteiger partial charge in [0, 0.05) is 10.2 Å². The number of anilines is 1. The summed E-state index contributed by atoms with van der Waals surface area (Å²) in [7, 11) is 0. The second-order valence-electron chi connectivity index (χ2n) is 6.14. The fraction of sp³-hybridized carbons (Fsp3) is 0.286. The van der Waals surface area contributed by atoms with Gasteiger partial charge in [-0.2, -0.15) is 5.10 Å². The molecule has 2 amide bonds. The summed E-state index contributed by atoms with van der Waals surface area (Å²) in [5, 5.41) is 6.66. The number of hydrogen-bond donors (Lipinski definition) is 2. The molecular formula is C21H23Br2N3O5. The molecular weight excluding hydrogens is 534 g/mol. The Hall–Kier alpha value is -2.59. The quantitative estimate of drug-likeness (QED) is 0.257. The number of rotatable bonds is 9. The van der Waals surface area contributed by atoms with E-state index in [9.17, 15) is 9.59 Å². The summed E-state index contributed by atoms with van der Waals surface area (Å²) in [6.45, 7) is 5.92. The van der Waals surface area contributed by atoms with Crippen LogP contribution in [0.1, 0.15) is 25.0 Å². The van der Waals surface area contributed by atoms with Crippen molar-refractivity contribution in [3.8, 4) is 11.5 Å². The molecule has 0 spiro atoms. The molecule has 0 unspecified atom stereocenters. The van der Waals surface area contributed by atoms with Gasteiger partial charge in [-0.05, 0) is 78.2 Å². The largest absolute Gasteiger partial charge is 0.490 e. The van der Waals surface area contributed by atoms with Gasteiger partial charge in [-0.3, -0.25) is 0 Å². The highest BCUT2D eigenvalue weighted by Gasteiger charge is 2.14. The van der Waals surface area contributed by atoms with E-state index >= 15 is 0 Å². The van der Waals surface area contributed by atoms with Crippen LogP contribution in [-0.4, -0.2) is 38.0 Å². The number of nitrogens with one attached hydrogen (secondary N) is 2. The Balaban J connectivity index is 2.04. The van der Waals surface area contributed by atoms with Crippen molar-refractivity contribution in [3.05, 3.63) is 50.4 Å². The third kappa shape index (κ3) is 7.87. The first-order valence-corrected chi connectivity index (χ1v) is 11.0. The maximum atomic E-state index is 12.0. The van der Waals surface area contributed by atoms with Gasteiger partial charge in [0.15, 0.2) is 18.1 Å². The maximum absolute atomic E-state index is 12.0. The van der Waals surface area contributed by atoms with Gasteiger partial charge in [-0.1, -0.05) is 15.9 Å². The second kappa shape index (κ2) is 12.3. The molecule has 2 N–H and O–H groups in total. The summed E-state index contributed by atoms with van der Waals surface area (Å²) >= 11 is 6.83. The molecule has 0 saturated heterocycles. The molecule has 2 rings (SSSR count). The molecule has 31 heavy (non-hydrogen) atoms. The van der Waals surface area contributed by atoms with E-state index in [1.165, 1.54) is 6.21 Å². The molecule has 2 aromatic carbocycles. The Kier molecular flexibility index (Phi) is 9.80. The van der Waals surface area contributed by atoms with Crippen LogP contribution in [-0.2, 0) is 9.53 Å². The Morgan fingerprint density at radius 2 is 1.84 bits per heavy atom. The summed E-state index contributed by atoms with van der Waals surface area (Å²) in [6, 6.07) is 8.41. The van der Waals surface area contributed by atoms with Crippen LogP contribution in [0, 0.1) is 6.92 Å². The average molecular weight is 557 g/mol. The van der Waals surface area contributed by atoms with Crippen molar-refractivity contribution in [1.29, 1.82) is 0 Å². The van der Waals surface area contributed by atoms with E-state index in [-0.39, 0.29) is 13.2 Å². The highest BCUT2D eigenvalue weighted by atomic mass is 79.9. The lowest BCUT2D eigenvalue weighted by Crippen LogP contribution is -2.24. The zero-order valence-electron chi connectivity index (χ0n) is 17.3. The van der Waals surface area contributed by atoms with Crippen molar-refractivity contribution < 1.29 is 23.8 Å². The Bertz CT molecular complexity index is 966. The van der Waals surface area contributed by atoms with Crippen LogP contribution in [0.3, 0.4) is 0 Å².